The summed E-state index contributed by atoms with van der Waals surface area (Å²) in [6.07, 6.45) is 12.1. The summed E-state index contributed by atoms with van der Waals surface area (Å²) in [5, 5.41) is 5.63. The number of hydrogen-bond donors (Lipinski definition) is 2. The minimum absolute atomic E-state index is 0.0645. The number of nitrogens with one attached hydrogen (secondary N) is 2. The van der Waals surface area contributed by atoms with E-state index in [0.29, 0.717) is 12.5 Å². The normalized spacial score (nSPS) is 25.0. The van der Waals surface area contributed by atoms with Gasteiger partial charge in [-0.3, -0.25) is 4.98 Å². The minimum Gasteiger partial charge on any atom is -0.380 e. The average Bonchev–Trinajstić information content (AvgIpc) is 3.28. The number of aromatic amines is 1. The summed E-state index contributed by atoms with van der Waals surface area (Å²) in [5.41, 5.74) is 3.22. The van der Waals surface area contributed by atoms with Gasteiger partial charge in [0.1, 0.15) is 5.65 Å². The molecule has 5 rings (SSSR count). The van der Waals surface area contributed by atoms with E-state index < -0.39 is 0 Å². The van der Waals surface area contributed by atoms with Crippen molar-refractivity contribution in [1.29, 1.82) is 0 Å². The molecule has 0 radical (unpaired) electrons. The number of aromatic nitrogens is 3. The predicted molar refractivity (Wildman–Crippen MR) is 117 cm³/mol. The van der Waals surface area contributed by atoms with Gasteiger partial charge in [-0.15, -0.1) is 0 Å². The number of hydrogen-bond acceptors (Lipinski definition) is 4. The highest BCUT2D eigenvalue weighted by Crippen LogP contribution is 2.38. The Labute approximate surface area is 176 Å². The fraction of sp³-hybridized carbons (Fsp3) is 0.522. The van der Waals surface area contributed by atoms with Crippen LogP contribution >= 0.6 is 0 Å². The maximum Gasteiger partial charge on any atom is 0.317 e. The van der Waals surface area contributed by atoms with Crippen LogP contribution < -0.4 is 5.32 Å². The Morgan fingerprint density at radius 3 is 2.90 bits per heavy atom. The largest absolute Gasteiger partial charge is 0.380 e. The second kappa shape index (κ2) is 8.22. The number of pyridine rings is 2. The Hall–Kier alpha value is -2.67. The van der Waals surface area contributed by atoms with Gasteiger partial charge in [0, 0.05) is 49.4 Å². The molecule has 1 aliphatic carbocycles. The first-order chi connectivity index (χ1) is 14.7. The molecule has 2 N–H and O–H groups in total. The van der Waals surface area contributed by atoms with Gasteiger partial charge in [0.15, 0.2) is 0 Å². The SMILES string of the molecule is COC1CCCN(C(=O)NC2CCC(c3ccnc4cnc5[nH]ccc5c34)CC2)C1. The van der Waals surface area contributed by atoms with Gasteiger partial charge in [0.2, 0.25) is 0 Å². The van der Waals surface area contributed by atoms with E-state index in [1.165, 1.54) is 10.9 Å². The summed E-state index contributed by atoms with van der Waals surface area (Å²) in [5.74, 6) is 0.483. The molecule has 0 bridgehead atoms. The number of carbonyl (C=O) groups is 1. The number of fused-ring (bicyclic) bond motifs is 3. The quantitative estimate of drug-likeness (QED) is 0.688. The zero-order valence-corrected chi connectivity index (χ0v) is 17.4. The van der Waals surface area contributed by atoms with Crippen molar-refractivity contribution in [3.63, 3.8) is 0 Å². The van der Waals surface area contributed by atoms with E-state index in [1.54, 1.807) is 7.11 Å². The van der Waals surface area contributed by atoms with Crippen LogP contribution in [0.15, 0.2) is 30.7 Å². The summed E-state index contributed by atoms with van der Waals surface area (Å²) in [6.45, 7) is 1.52. The lowest BCUT2D eigenvalue weighted by Crippen LogP contribution is -2.50. The first-order valence-corrected chi connectivity index (χ1v) is 11.0. The molecule has 7 heteroatoms. The lowest BCUT2D eigenvalue weighted by atomic mass is 9.80. The molecule has 2 amide bonds. The van der Waals surface area contributed by atoms with Gasteiger partial charge in [-0.25, -0.2) is 9.78 Å². The van der Waals surface area contributed by atoms with Crippen molar-refractivity contribution >= 4 is 28.0 Å². The number of likely N-dealkylation sites (tertiary alicyclic amines) is 1. The summed E-state index contributed by atoms with van der Waals surface area (Å²) in [7, 11) is 1.73. The molecule has 2 aliphatic rings. The van der Waals surface area contributed by atoms with E-state index in [9.17, 15) is 4.79 Å². The Balaban J connectivity index is 1.26. The molecule has 1 saturated carbocycles. The van der Waals surface area contributed by atoms with Crippen molar-refractivity contribution in [2.24, 2.45) is 0 Å². The molecule has 7 nitrogen and oxygen atoms in total. The second-order valence-corrected chi connectivity index (χ2v) is 8.60. The summed E-state index contributed by atoms with van der Waals surface area (Å²) < 4.78 is 5.45. The lowest BCUT2D eigenvalue weighted by Gasteiger charge is -2.35. The Morgan fingerprint density at radius 2 is 2.07 bits per heavy atom. The van der Waals surface area contributed by atoms with Gasteiger partial charge in [0.25, 0.3) is 0 Å². The number of urea groups is 1. The van der Waals surface area contributed by atoms with Gasteiger partial charge >= 0.3 is 6.03 Å². The zero-order chi connectivity index (χ0) is 20.5. The van der Waals surface area contributed by atoms with E-state index in [1.807, 2.05) is 23.5 Å². The molecule has 4 heterocycles. The molecule has 1 atom stereocenters. The number of methoxy groups -OCH3 is 1. The smallest absolute Gasteiger partial charge is 0.317 e. The number of carbonyl (C=O) groups excluding carboxylic acids is 1. The molecule has 1 aliphatic heterocycles. The maximum absolute atomic E-state index is 12.7. The van der Waals surface area contributed by atoms with Crippen LogP contribution in [-0.4, -0.2) is 58.2 Å². The van der Waals surface area contributed by atoms with Crippen molar-refractivity contribution in [1.82, 2.24) is 25.2 Å². The molecule has 3 aromatic rings. The third-order valence-corrected chi connectivity index (χ3v) is 6.82. The molecule has 30 heavy (non-hydrogen) atoms. The molecular formula is C23H29N5O2. The number of nitrogens with zero attached hydrogens (tertiary/aromatic N) is 3. The van der Waals surface area contributed by atoms with Crippen LogP contribution in [0.2, 0.25) is 0 Å². The standard InChI is InChI=1S/C23H29N5O2/c1-30-17-3-2-12-28(14-17)23(29)27-16-6-4-15(5-7-16)18-8-10-24-20-13-26-22-19(21(18)20)9-11-25-22/h8-11,13,15-17H,2-7,12,14H2,1H3,(H,25,26)(H,27,29). The summed E-state index contributed by atoms with van der Waals surface area (Å²) in [4.78, 5) is 26.8. The Bertz CT molecular complexity index is 1040. The van der Waals surface area contributed by atoms with Crippen molar-refractivity contribution in [2.75, 3.05) is 20.2 Å². The van der Waals surface area contributed by atoms with Crippen LogP contribution in [-0.2, 0) is 4.74 Å². The van der Waals surface area contributed by atoms with Crippen LogP contribution in [0.1, 0.15) is 50.0 Å². The maximum atomic E-state index is 12.7. The van der Waals surface area contributed by atoms with Gasteiger partial charge < -0.3 is 19.9 Å². The number of amides is 2. The number of ether oxygens (including phenoxy) is 1. The molecule has 158 valence electrons. The van der Waals surface area contributed by atoms with Crippen LogP contribution in [0.25, 0.3) is 21.9 Å². The van der Waals surface area contributed by atoms with Gasteiger partial charge in [0.05, 0.1) is 17.8 Å². The van der Waals surface area contributed by atoms with Crippen molar-refractivity contribution in [2.45, 2.75) is 56.6 Å². The number of piperidine rings is 1. The van der Waals surface area contributed by atoms with E-state index in [0.717, 1.165) is 61.6 Å². The van der Waals surface area contributed by atoms with Crippen molar-refractivity contribution in [3.05, 3.63) is 36.3 Å². The third kappa shape index (κ3) is 3.62. The highest BCUT2D eigenvalue weighted by Gasteiger charge is 2.28. The molecule has 1 saturated heterocycles. The molecular weight excluding hydrogens is 378 g/mol. The molecule has 0 spiro atoms. The highest BCUT2D eigenvalue weighted by molar-refractivity contribution is 6.05. The van der Waals surface area contributed by atoms with Crippen LogP contribution in [0.3, 0.4) is 0 Å². The summed E-state index contributed by atoms with van der Waals surface area (Å²) >= 11 is 0. The first kappa shape index (κ1) is 19.3. The van der Waals surface area contributed by atoms with Crippen LogP contribution in [0.4, 0.5) is 4.79 Å². The van der Waals surface area contributed by atoms with Crippen LogP contribution in [0.5, 0.6) is 0 Å². The van der Waals surface area contributed by atoms with Crippen LogP contribution in [0, 0.1) is 0 Å². The summed E-state index contributed by atoms with van der Waals surface area (Å²) in [6, 6.07) is 4.57. The van der Waals surface area contributed by atoms with Gasteiger partial charge in [-0.2, -0.15) is 0 Å². The fourth-order valence-electron chi connectivity index (χ4n) is 5.15. The molecule has 1 unspecified atom stereocenters. The monoisotopic (exact) mass is 407 g/mol. The Morgan fingerprint density at radius 1 is 1.20 bits per heavy atom. The number of rotatable bonds is 3. The molecule has 0 aromatic carbocycles. The second-order valence-electron chi connectivity index (χ2n) is 8.60. The van der Waals surface area contributed by atoms with Crippen molar-refractivity contribution < 1.29 is 9.53 Å². The fourth-order valence-corrected chi connectivity index (χ4v) is 5.15. The molecule has 2 fully saturated rings. The van der Waals surface area contributed by atoms with Crippen molar-refractivity contribution in [3.8, 4) is 0 Å². The molecule has 3 aromatic heterocycles. The minimum atomic E-state index is 0.0645. The lowest BCUT2D eigenvalue weighted by molar-refractivity contribution is 0.0427. The van der Waals surface area contributed by atoms with Gasteiger partial charge in [-0.05, 0) is 62.1 Å². The van der Waals surface area contributed by atoms with E-state index in [-0.39, 0.29) is 18.2 Å². The topological polar surface area (TPSA) is 83.1 Å². The van der Waals surface area contributed by atoms with E-state index in [4.69, 9.17) is 4.74 Å². The Kier molecular flexibility index (Phi) is 5.29. The van der Waals surface area contributed by atoms with E-state index >= 15 is 0 Å². The first-order valence-electron chi connectivity index (χ1n) is 11.0. The highest BCUT2D eigenvalue weighted by atomic mass is 16.5. The average molecular weight is 408 g/mol. The third-order valence-electron chi connectivity index (χ3n) is 6.82. The zero-order valence-electron chi connectivity index (χ0n) is 17.4. The number of H-pyrrole nitrogens is 1. The predicted octanol–water partition coefficient (Wildman–Crippen LogP) is 3.96. The van der Waals surface area contributed by atoms with Gasteiger partial charge in [-0.1, -0.05) is 0 Å². The van der Waals surface area contributed by atoms with E-state index in [2.05, 4.69) is 32.4 Å².